The van der Waals surface area contributed by atoms with Gasteiger partial charge in [-0.2, -0.15) is 0 Å². The molecular weight excluding hydrogens is 221 g/mol. The van der Waals surface area contributed by atoms with E-state index in [1.54, 1.807) is 0 Å². The monoisotopic (exact) mass is 229 g/mol. The molecule has 5 heteroatoms. The molecular formula is C10H9ClFNO2. The molecule has 0 aliphatic rings. The van der Waals surface area contributed by atoms with Crippen molar-refractivity contribution in [2.24, 2.45) is 0 Å². The van der Waals surface area contributed by atoms with Gasteiger partial charge in [0.1, 0.15) is 0 Å². The molecule has 0 atom stereocenters. The highest BCUT2D eigenvalue weighted by molar-refractivity contribution is 6.31. The number of methoxy groups -OCH3 is 1. The normalized spacial score (nSPS) is 10.6. The lowest BCUT2D eigenvalue weighted by Gasteiger charge is -2.03. The van der Waals surface area contributed by atoms with Crippen LogP contribution in [0.2, 0.25) is 5.02 Å². The van der Waals surface area contributed by atoms with Crippen LogP contribution in [0.15, 0.2) is 18.2 Å². The third kappa shape index (κ3) is 2.70. The Balaban J connectivity index is 3.09. The molecule has 0 radical (unpaired) electrons. The summed E-state index contributed by atoms with van der Waals surface area (Å²) in [5, 5.41) is -0.0475. The summed E-state index contributed by atoms with van der Waals surface area (Å²) < 4.78 is 17.8. The van der Waals surface area contributed by atoms with Crippen molar-refractivity contribution in [3.8, 4) is 0 Å². The lowest BCUT2D eigenvalue weighted by molar-refractivity contribution is -0.134. The molecule has 0 saturated heterocycles. The van der Waals surface area contributed by atoms with E-state index >= 15 is 0 Å². The summed E-state index contributed by atoms with van der Waals surface area (Å²) in [5.74, 6) is -1.24. The Morgan fingerprint density at radius 2 is 2.27 bits per heavy atom. The minimum absolute atomic E-state index is 0.0475. The SMILES string of the molecule is COC(=O)/C=C/c1c(N)ccc(Cl)c1F. The van der Waals surface area contributed by atoms with Crippen molar-refractivity contribution >= 4 is 29.3 Å². The number of hydrogen-bond donors (Lipinski definition) is 1. The van der Waals surface area contributed by atoms with E-state index in [-0.39, 0.29) is 16.3 Å². The van der Waals surface area contributed by atoms with Gasteiger partial charge >= 0.3 is 5.97 Å². The third-order valence-corrected chi connectivity index (χ3v) is 2.05. The van der Waals surface area contributed by atoms with Crippen LogP contribution in [0, 0.1) is 5.82 Å². The smallest absolute Gasteiger partial charge is 0.330 e. The van der Waals surface area contributed by atoms with Gasteiger partial charge < -0.3 is 10.5 Å². The van der Waals surface area contributed by atoms with Gasteiger partial charge in [-0.3, -0.25) is 0 Å². The minimum atomic E-state index is -0.656. The average Bonchev–Trinajstić information content (AvgIpc) is 2.23. The molecule has 0 unspecified atom stereocenters. The summed E-state index contributed by atoms with van der Waals surface area (Å²) in [5.41, 5.74) is 5.80. The summed E-state index contributed by atoms with van der Waals surface area (Å²) in [6.07, 6.45) is 2.30. The Hall–Kier alpha value is -1.55. The lowest BCUT2D eigenvalue weighted by atomic mass is 10.1. The highest BCUT2D eigenvalue weighted by atomic mass is 35.5. The first kappa shape index (κ1) is 11.5. The average molecular weight is 230 g/mol. The quantitative estimate of drug-likeness (QED) is 0.481. The molecule has 0 bridgehead atoms. The molecule has 0 spiro atoms. The predicted molar refractivity (Wildman–Crippen MR) is 56.9 cm³/mol. The molecule has 15 heavy (non-hydrogen) atoms. The van der Waals surface area contributed by atoms with Crippen LogP contribution in [0.3, 0.4) is 0 Å². The molecule has 0 amide bonds. The van der Waals surface area contributed by atoms with E-state index in [4.69, 9.17) is 17.3 Å². The van der Waals surface area contributed by atoms with Gasteiger partial charge in [0.25, 0.3) is 0 Å². The molecule has 0 heterocycles. The molecule has 1 aromatic rings. The van der Waals surface area contributed by atoms with Crippen molar-refractivity contribution in [1.29, 1.82) is 0 Å². The summed E-state index contributed by atoms with van der Waals surface area (Å²) in [7, 11) is 1.23. The van der Waals surface area contributed by atoms with Crippen LogP contribution in [0.5, 0.6) is 0 Å². The van der Waals surface area contributed by atoms with Crippen LogP contribution in [-0.4, -0.2) is 13.1 Å². The number of rotatable bonds is 2. The molecule has 0 aliphatic heterocycles. The second-order valence-corrected chi connectivity index (χ2v) is 3.13. The Kier molecular flexibility index (Phi) is 3.68. The number of carbonyl (C=O) groups is 1. The molecule has 1 rings (SSSR count). The largest absolute Gasteiger partial charge is 0.466 e. The Morgan fingerprint density at radius 3 is 2.87 bits per heavy atom. The fourth-order valence-corrected chi connectivity index (χ4v) is 1.13. The third-order valence-electron chi connectivity index (χ3n) is 1.75. The topological polar surface area (TPSA) is 52.3 Å². The van der Waals surface area contributed by atoms with Crippen LogP contribution in [0.25, 0.3) is 6.08 Å². The molecule has 1 aromatic carbocycles. The molecule has 0 saturated carbocycles. The van der Waals surface area contributed by atoms with Crippen LogP contribution in [-0.2, 0) is 9.53 Å². The molecule has 0 fully saturated rings. The maximum atomic E-state index is 13.4. The van der Waals surface area contributed by atoms with Gasteiger partial charge in [0.15, 0.2) is 5.82 Å². The van der Waals surface area contributed by atoms with Gasteiger partial charge in [0.2, 0.25) is 0 Å². The van der Waals surface area contributed by atoms with Gasteiger partial charge in [0.05, 0.1) is 12.1 Å². The standard InChI is InChI=1S/C10H9ClFNO2/c1-15-9(14)5-2-6-8(13)4-3-7(11)10(6)12/h2-5H,13H2,1H3/b5-2+. The molecule has 80 valence electrons. The summed E-state index contributed by atoms with van der Waals surface area (Å²) in [6.45, 7) is 0. The highest BCUT2D eigenvalue weighted by Gasteiger charge is 2.08. The maximum absolute atomic E-state index is 13.4. The zero-order chi connectivity index (χ0) is 11.4. The predicted octanol–water partition coefficient (Wildman–Crippen LogP) is 2.25. The van der Waals surface area contributed by atoms with E-state index in [1.165, 1.54) is 25.3 Å². The van der Waals surface area contributed by atoms with Crippen molar-refractivity contribution in [3.63, 3.8) is 0 Å². The van der Waals surface area contributed by atoms with Crippen molar-refractivity contribution < 1.29 is 13.9 Å². The Bertz CT molecular complexity index is 418. The fraction of sp³-hybridized carbons (Fsp3) is 0.100. The van der Waals surface area contributed by atoms with Crippen molar-refractivity contribution in [1.82, 2.24) is 0 Å². The second-order valence-electron chi connectivity index (χ2n) is 2.72. The van der Waals surface area contributed by atoms with Crippen molar-refractivity contribution in [2.75, 3.05) is 12.8 Å². The minimum Gasteiger partial charge on any atom is -0.466 e. The summed E-state index contributed by atoms with van der Waals surface area (Å²) in [6, 6.07) is 2.81. The van der Waals surface area contributed by atoms with Crippen molar-refractivity contribution in [3.05, 3.63) is 34.6 Å². The van der Waals surface area contributed by atoms with Crippen molar-refractivity contribution in [2.45, 2.75) is 0 Å². The number of anilines is 1. The number of hydrogen-bond acceptors (Lipinski definition) is 3. The van der Waals surface area contributed by atoms with Crippen LogP contribution in [0.4, 0.5) is 10.1 Å². The number of nitrogen functional groups attached to an aromatic ring is 1. The fourth-order valence-electron chi connectivity index (χ4n) is 0.970. The van der Waals surface area contributed by atoms with E-state index in [9.17, 15) is 9.18 Å². The number of halogens is 2. The van der Waals surface area contributed by atoms with Gasteiger partial charge in [-0.15, -0.1) is 0 Å². The van der Waals surface area contributed by atoms with Gasteiger partial charge in [0, 0.05) is 17.3 Å². The molecule has 0 aromatic heterocycles. The Morgan fingerprint density at radius 1 is 1.60 bits per heavy atom. The van der Waals surface area contributed by atoms with Gasteiger partial charge in [-0.05, 0) is 18.2 Å². The summed E-state index contributed by atoms with van der Waals surface area (Å²) >= 11 is 5.55. The number of benzene rings is 1. The molecule has 3 nitrogen and oxygen atoms in total. The first-order valence-corrected chi connectivity index (χ1v) is 4.43. The molecule has 0 aliphatic carbocycles. The highest BCUT2D eigenvalue weighted by Crippen LogP contribution is 2.24. The van der Waals surface area contributed by atoms with Crippen LogP contribution >= 0.6 is 11.6 Å². The Labute approximate surface area is 91.3 Å². The first-order chi connectivity index (χ1) is 7.06. The van der Waals surface area contributed by atoms with Crippen LogP contribution in [0.1, 0.15) is 5.56 Å². The van der Waals surface area contributed by atoms with Crippen LogP contribution < -0.4 is 5.73 Å². The zero-order valence-corrected chi connectivity index (χ0v) is 8.72. The van der Waals surface area contributed by atoms with E-state index in [0.29, 0.717) is 0 Å². The van der Waals surface area contributed by atoms with E-state index in [0.717, 1.165) is 6.08 Å². The van der Waals surface area contributed by atoms with E-state index < -0.39 is 11.8 Å². The number of nitrogens with two attached hydrogens (primary N) is 1. The maximum Gasteiger partial charge on any atom is 0.330 e. The number of ether oxygens (including phenoxy) is 1. The second kappa shape index (κ2) is 4.79. The zero-order valence-electron chi connectivity index (χ0n) is 7.96. The number of carbonyl (C=O) groups excluding carboxylic acids is 1. The lowest BCUT2D eigenvalue weighted by Crippen LogP contribution is -1.97. The van der Waals surface area contributed by atoms with E-state index in [1.807, 2.05) is 0 Å². The summed E-state index contributed by atoms with van der Waals surface area (Å²) in [4.78, 5) is 10.8. The van der Waals surface area contributed by atoms with Gasteiger partial charge in [-0.1, -0.05) is 11.6 Å². The molecule has 2 N–H and O–H groups in total. The first-order valence-electron chi connectivity index (χ1n) is 4.05. The number of esters is 1. The van der Waals surface area contributed by atoms with E-state index in [2.05, 4.69) is 4.74 Å². The van der Waals surface area contributed by atoms with Gasteiger partial charge in [-0.25, -0.2) is 9.18 Å².